The standard InChI is InChI=1S/C10H8F2O3S/c1-15-9(13)3-5-2-6(10(14)16)8(12)4-7(5)11/h2,4H,3H2,1H3,(H,14,16). The van der Waals surface area contributed by atoms with Crippen LogP contribution in [0.2, 0.25) is 0 Å². The average molecular weight is 246 g/mol. The van der Waals surface area contributed by atoms with Gasteiger partial charge in [0.25, 0.3) is 0 Å². The molecule has 0 aliphatic carbocycles. The molecule has 1 rings (SSSR count). The van der Waals surface area contributed by atoms with Crippen LogP contribution in [0.4, 0.5) is 8.78 Å². The second-order valence-electron chi connectivity index (χ2n) is 2.98. The number of rotatable bonds is 3. The second kappa shape index (κ2) is 5.07. The molecule has 3 nitrogen and oxygen atoms in total. The van der Waals surface area contributed by atoms with Crippen LogP contribution < -0.4 is 0 Å². The fourth-order valence-electron chi connectivity index (χ4n) is 1.12. The van der Waals surface area contributed by atoms with Crippen LogP contribution in [0.25, 0.3) is 0 Å². The lowest BCUT2D eigenvalue weighted by Gasteiger charge is -2.05. The SMILES string of the molecule is COC(=O)Cc1cc(C(=O)S)c(F)cc1F. The molecular formula is C10H8F2O3S. The van der Waals surface area contributed by atoms with Gasteiger partial charge in [0.1, 0.15) is 11.6 Å². The highest BCUT2D eigenvalue weighted by Crippen LogP contribution is 2.17. The Bertz CT molecular complexity index is 446. The summed E-state index contributed by atoms with van der Waals surface area (Å²) in [5.74, 6) is -2.59. The molecule has 0 atom stereocenters. The van der Waals surface area contributed by atoms with Gasteiger partial charge in [0.2, 0.25) is 5.12 Å². The summed E-state index contributed by atoms with van der Waals surface area (Å²) in [6.07, 6.45) is -0.364. The zero-order valence-electron chi connectivity index (χ0n) is 8.29. The van der Waals surface area contributed by atoms with Crippen molar-refractivity contribution in [1.29, 1.82) is 0 Å². The fraction of sp³-hybridized carbons (Fsp3) is 0.200. The van der Waals surface area contributed by atoms with Crippen molar-refractivity contribution >= 4 is 23.7 Å². The second-order valence-corrected chi connectivity index (χ2v) is 3.39. The molecule has 1 aromatic rings. The summed E-state index contributed by atoms with van der Waals surface area (Å²) in [6.45, 7) is 0. The van der Waals surface area contributed by atoms with Gasteiger partial charge in [0.15, 0.2) is 0 Å². The van der Waals surface area contributed by atoms with Crippen molar-refractivity contribution in [3.63, 3.8) is 0 Å². The number of thiol groups is 1. The molecule has 0 bridgehead atoms. The quantitative estimate of drug-likeness (QED) is 0.652. The van der Waals surface area contributed by atoms with Crippen molar-refractivity contribution in [3.8, 4) is 0 Å². The predicted octanol–water partition coefficient (Wildman–Crippen LogP) is 1.75. The lowest BCUT2D eigenvalue weighted by molar-refractivity contribution is -0.139. The number of esters is 1. The molecule has 1 aromatic carbocycles. The number of carbonyl (C=O) groups is 2. The van der Waals surface area contributed by atoms with E-state index in [0.29, 0.717) is 6.07 Å². The van der Waals surface area contributed by atoms with Crippen molar-refractivity contribution in [2.45, 2.75) is 6.42 Å². The smallest absolute Gasteiger partial charge is 0.310 e. The highest BCUT2D eigenvalue weighted by molar-refractivity contribution is 7.97. The van der Waals surface area contributed by atoms with E-state index in [2.05, 4.69) is 17.4 Å². The first-order valence-electron chi connectivity index (χ1n) is 4.23. The number of hydrogen-bond donors (Lipinski definition) is 1. The Morgan fingerprint density at radius 1 is 1.31 bits per heavy atom. The molecular weight excluding hydrogens is 238 g/mol. The van der Waals surface area contributed by atoms with Gasteiger partial charge in [-0.3, -0.25) is 9.59 Å². The molecule has 0 spiro atoms. The molecule has 0 saturated heterocycles. The van der Waals surface area contributed by atoms with Crippen LogP contribution >= 0.6 is 12.6 Å². The van der Waals surface area contributed by atoms with Gasteiger partial charge in [-0.25, -0.2) is 8.78 Å². The van der Waals surface area contributed by atoms with Crippen molar-refractivity contribution in [1.82, 2.24) is 0 Å². The first-order valence-corrected chi connectivity index (χ1v) is 4.68. The molecule has 0 unspecified atom stereocenters. The highest BCUT2D eigenvalue weighted by Gasteiger charge is 2.15. The molecule has 0 heterocycles. The monoisotopic (exact) mass is 246 g/mol. The number of halogens is 2. The van der Waals surface area contributed by atoms with Gasteiger partial charge in [0.05, 0.1) is 19.1 Å². The van der Waals surface area contributed by atoms with E-state index in [4.69, 9.17) is 0 Å². The Kier molecular flexibility index (Phi) is 4.00. The van der Waals surface area contributed by atoms with E-state index in [0.717, 1.165) is 13.2 Å². The molecule has 16 heavy (non-hydrogen) atoms. The maximum Gasteiger partial charge on any atom is 0.310 e. The van der Waals surface area contributed by atoms with Crippen LogP contribution in [0, 0.1) is 11.6 Å². The number of ether oxygens (including phenoxy) is 1. The van der Waals surface area contributed by atoms with Gasteiger partial charge in [0, 0.05) is 6.07 Å². The first-order chi connectivity index (χ1) is 7.45. The summed E-state index contributed by atoms with van der Waals surface area (Å²) in [4.78, 5) is 21.8. The van der Waals surface area contributed by atoms with Gasteiger partial charge in [-0.1, -0.05) is 0 Å². The van der Waals surface area contributed by atoms with Gasteiger partial charge in [-0.15, -0.1) is 12.6 Å². The normalized spacial score (nSPS) is 10.0. The molecule has 0 aliphatic rings. The summed E-state index contributed by atoms with van der Waals surface area (Å²) in [5.41, 5.74) is -0.478. The maximum atomic E-state index is 13.2. The molecule has 0 saturated carbocycles. The minimum atomic E-state index is -1.01. The van der Waals surface area contributed by atoms with E-state index < -0.39 is 22.7 Å². The maximum absolute atomic E-state index is 13.2. The van der Waals surface area contributed by atoms with E-state index in [1.165, 1.54) is 0 Å². The summed E-state index contributed by atoms with van der Waals surface area (Å²) in [7, 11) is 1.15. The Morgan fingerprint density at radius 3 is 2.44 bits per heavy atom. The van der Waals surface area contributed by atoms with Crippen molar-refractivity contribution in [2.24, 2.45) is 0 Å². The van der Waals surface area contributed by atoms with E-state index in [1.54, 1.807) is 0 Å². The third kappa shape index (κ3) is 2.79. The molecule has 0 amide bonds. The minimum Gasteiger partial charge on any atom is -0.469 e. The van der Waals surface area contributed by atoms with Crippen LogP contribution in [0.15, 0.2) is 12.1 Å². The number of benzene rings is 1. The third-order valence-corrected chi connectivity index (χ3v) is 2.17. The Morgan fingerprint density at radius 2 is 1.94 bits per heavy atom. The predicted molar refractivity (Wildman–Crippen MR) is 55.4 cm³/mol. The Balaban J connectivity index is 3.14. The number of methoxy groups -OCH3 is 1. The van der Waals surface area contributed by atoms with Crippen molar-refractivity contribution in [2.75, 3.05) is 7.11 Å². The van der Waals surface area contributed by atoms with Crippen molar-refractivity contribution in [3.05, 3.63) is 34.9 Å². The lowest BCUT2D eigenvalue weighted by Crippen LogP contribution is -2.08. The molecule has 6 heteroatoms. The largest absolute Gasteiger partial charge is 0.469 e. The van der Waals surface area contributed by atoms with Crippen LogP contribution in [-0.2, 0) is 16.0 Å². The van der Waals surface area contributed by atoms with Gasteiger partial charge in [-0.2, -0.15) is 0 Å². The van der Waals surface area contributed by atoms with Crippen LogP contribution in [0.5, 0.6) is 0 Å². The van der Waals surface area contributed by atoms with Gasteiger partial charge < -0.3 is 4.74 Å². The lowest BCUT2D eigenvalue weighted by atomic mass is 10.1. The van der Waals surface area contributed by atoms with Crippen molar-refractivity contribution < 1.29 is 23.1 Å². The zero-order chi connectivity index (χ0) is 12.3. The summed E-state index contributed by atoms with van der Waals surface area (Å²) in [5, 5.41) is -0.830. The van der Waals surface area contributed by atoms with E-state index in [9.17, 15) is 18.4 Å². The zero-order valence-corrected chi connectivity index (χ0v) is 9.18. The third-order valence-electron chi connectivity index (χ3n) is 1.93. The molecule has 0 fully saturated rings. The van der Waals surface area contributed by atoms with Crippen LogP contribution in [0.1, 0.15) is 15.9 Å². The highest BCUT2D eigenvalue weighted by atomic mass is 32.1. The van der Waals surface area contributed by atoms with Crippen LogP contribution in [-0.4, -0.2) is 18.2 Å². The summed E-state index contributed by atoms with van der Waals surface area (Å²) >= 11 is 3.43. The van der Waals surface area contributed by atoms with E-state index >= 15 is 0 Å². The summed E-state index contributed by atoms with van der Waals surface area (Å²) in [6, 6.07) is 1.50. The molecule has 0 aliphatic heterocycles. The van der Waals surface area contributed by atoms with E-state index in [1.807, 2.05) is 0 Å². The Labute approximate surface area is 95.8 Å². The number of hydrogen-bond acceptors (Lipinski definition) is 3. The number of carbonyl (C=O) groups excluding carboxylic acids is 2. The minimum absolute atomic E-state index is 0.106. The van der Waals surface area contributed by atoms with Gasteiger partial charge >= 0.3 is 5.97 Å². The molecule has 86 valence electrons. The molecule has 0 radical (unpaired) electrons. The van der Waals surface area contributed by atoms with Crippen LogP contribution in [0.3, 0.4) is 0 Å². The summed E-state index contributed by atoms with van der Waals surface area (Å²) < 4.78 is 30.6. The topological polar surface area (TPSA) is 43.4 Å². The van der Waals surface area contributed by atoms with Gasteiger partial charge in [-0.05, 0) is 11.6 Å². The first kappa shape index (κ1) is 12.6. The average Bonchev–Trinajstić information content (AvgIpc) is 2.21. The Hall–Kier alpha value is -1.43. The van der Waals surface area contributed by atoms with E-state index in [-0.39, 0.29) is 17.5 Å². The molecule has 0 N–H and O–H groups in total. The fourth-order valence-corrected chi connectivity index (χ4v) is 1.29. The molecule has 0 aromatic heterocycles.